The van der Waals surface area contributed by atoms with E-state index in [4.69, 9.17) is 33.2 Å². The summed E-state index contributed by atoms with van der Waals surface area (Å²) in [5.74, 6) is -1.64. The van der Waals surface area contributed by atoms with Gasteiger partial charge in [0.1, 0.15) is 41.3 Å². The van der Waals surface area contributed by atoms with Gasteiger partial charge in [0.15, 0.2) is 18.7 Å². The summed E-state index contributed by atoms with van der Waals surface area (Å²) in [6, 6.07) is -0.142. The van der Waals surface area contributed by atoms with Crippen molar-refractivity contribution >= 4 is 5.97 Å². The van der Waals surface area contributed by atoms with E-state index in [9.17, 15) is 25.2 Å². The lowest BCUT2D eigenvalue weighted by Gasteiger charge is -2.50. The highest BCUT2D eigenvalue weighted by molar-refractivity contribution is 5.73. The molecule has 0 spiro atoms. The summed E-state index contributed by atoms with van der Waals surface area (Å²) in [7, 11) is 5.87. The minimum absolute atomic E-state index is 0.142. The Bertz CT molecular complexity index is 1350. The van der Waals surface area contributed by atoms with E-state index < -0.39 is 95.8 Å². The number of hydrogen-bond acceptors (Lipinski definition) is 12. The molecule has 5 rings (SSSR count). The van der Waals surface area contributed by atoms with Crippen molar-refractivity contribution in [3.63, 3.8) is 0 Å². The van der Waals surface area contributed by atoms with E-state index in [0.29, 0.717) is 29.0 Å². The van der Waals surface area contributed by atoms with Crippen molar-refractivity contribution in [3.8, 4) is 0 Å². The van der Waals surface area contributed by atoms with Crippen LogP contribution in [-0.2, 0) is 38.0 Å². The molecule has 4 N–H and O–H groups in total. The van der Waals surface area contributed by atoms with Crippen molar-refractivity contribution in [3.05, 3.63) is 11.3 Å². The summed E-state index contributed by atoms with van der Waals surface area (Å²) >= 11 is 0. The maximum Gasteiger partial charge on any atom is 0.311 e. The summed E-state index contributed by atoms with van der Waals surface area (Å²) < 4.78 is 45.9. The Morgan fingerprint density at radius 3 is 2.19 bits per heavy atom. The molecule has 1 aliphatic carbocycles. The van der Waals surface area contributed by atoms with Crippen LogP contribution in [-0.4, -0.2) is 143 Å². The number of hydrogen-bond donors (Lipinski definition) is 4. The molecule has 0 amide bonds. The lowest BCUT2D eigenvalue weighted by molar-refractivity contribution is -0.923. The molecule has 3 saturated heterocycles. The van der Waals surface area contributed by atoms with Crippen molar-refractivity contribution in [2.75, 3.05) is 27.7 Å². The number of esters is 1. The lowest BCUT2D eigenvalue weighted by atomic mass is 9.78. The molecule has 13 heteroatoms. The number of likely N-dealkylation sites (N-methyl/N-ethyl adjacent to an activating group) is 1. The summed E-state index contributed by atoms with van der Waals surface area (Å²) in [6.07, 6.45) is -4.81. The van der Waals surface area contributed by atoms with Gasteiger partial charge in [-0.15, -0.1) is 0 Å². The minimum atomic E-state index is -1.82. The van der Waals surface area contributed by atoms with E-state index in [-0.39, 0.29) is 25.0 Å². The van der Waals surface area contributed by atoms with Crippen molar-refractivity contribution in [2.24, 2.45) is 23.7 Å². The normalized spacial score (nSPS) is 48.4. The first-order chi connectivity index (χ1) is 25.0. The van der Waals surface area contributed by atoms with Crippen LogP contribution in [0.5, 0.6) is 0 Å². The van der Waals surface area contributed by atoms with Gasteiger partial charge in [-0.1, -0.05) is 20.8 Å². The molecular formula is C41H72NO12+. The van der Waals surface area contributed by atoms with Gasteiger partial charge in [-0.2, -0.15) is 0 Å². The number of carbonyl (C=O) groups is 1. The number of methoxy groups -OCH3 is 1. The third kappa shape index (κ3) is 8.56. The zero-order valence-corrected chi connectivity index (χ0v) is 35.1. The van der Waals surface area contributed by atoms with E-state index in [1.165, 1.54) is 26.9 Å². The molecule has 4 aliphatic heterocycles. The maximum atomic E-state index is 14.2. The van der Waals surface area contributed by atoms with Gasteiger partial charge in [-0.05, 0) is 73.3 Å². The van der Waals surface area contributed by atoms with Crippen molar-refractivity contribution in [2.45, 2.75) is 192 Å². The summed E-state index contributed by atoms with van der Waals surface area (Å²) in [4.78, 5) is 14.2. The molecule has 13 nitrogen and oxygen atoms in total. The number of nitrogens with zero attached hydrogens (tertiary/aromatic N) is 1. The van der Waals surface area contributed by atoms with Gasteiger partial charge in [0.25, 0.3) is 0 Å². The first-order valence-electron chi connectivity index (χ1n) is 20.3. The topological polar surface area (TPSA) is 163 Å². The van der Waals surface area contributed by atoms with Crippen LogP contribution in [0.3, 0.4) is 0 Å². The third-order valence-electron chi connectivity index (χ3n) is 13.6. The van der Waals surface area contributed by atoms with E-state index in [0.717, 1.165) is 12.1 Å². The van der Waals surface area contributed by atoms with Gasteiger partial charge in [-0.3, -0.25) is 4.79 Å². The fraction of sp³-hybridized carbons (Fsp3) is 0.927. The van der Waals surface area contributed by atoms with E-state index in [2.05, 4.69) is 14.1 Å². The van der Waals surface area contributed by atoms with Crippen LogP contribution in [0, 0.1) is 23.7 Å². The zero-order chi connectivity index (χ0) is 40.3. The van der Waals surface area contributed by atoms with Crippen LogP contribution in [0.25, 0.3) is 0 Å². The standard InChI is InChI=1S/C41H72NO12/c1-14-29-41(10,47)34(44)23(4)32-21(2)18-40(9,54-32)36(53-38-31(43)28(17-22(3)49-38)42(11,12)20-27-15-16-27)24(5)33(25(6)37(46)51-29)52-30-19-39(8,48-13)35(45)26(7)50-30/h22-31,33-36,38,43-45,47H,14-20H2,1-13H3/q+1/t22-,23+,24+,25-,26+,28+,29-,30+,31-,33+,34-,35+,36-,38+,39-,40-,41-/m1/s1. The average Bonchev–Trinajstić information content (AvgIpc) is 3.85. The molecular weight excluding hydrogens is 698 g/mol. The maximum absolute atomic E-state index is 14.2. The molecule has 312 valence electrons. The van der Waals surface area contributed by atoms with E-state index >= 15 is 0 Å². The fourth-order valence-corrected chi connectivity index (χ4v) is 10.0. The van der Waals surface area contributed by atoms with Gasteiger partial charge in [0.2, 0.25) is 0 Å². The molecule has 1 saturated carbocycles. The highest BCUT2D eigenvalue weighted by atomic mass is 16.7. The second-order valence-corrected chi connectivity index (χ2v) is 18.8. The fourth-order valence-electron chi connectivity index (χ4n) is 10.0. The second-order valence-electron chi connectivity index (χ2n) is 18.8. The molecule has 54 heavy (non-hydrogen) atoms. The van der Waals surface area contributed by atoms with Crippen molar-refractivity contribution in [1.29, 1.82) is 0 Å². The SMILES string of the molecule is CC[C@H]1OC(=O)[C@H](C)[C@@H](O[C@H]2C[C@@](C)(OC)[C@@H](O)[C@H](C)O2)[C@H](C)[C@@H](O[C@@H]2O[C@H](C)C[C@H]([N+](C)(C)CC3CC3)[C@H]2O)[C@@]2(C)CC(C)=C(O2)[C@H](C)[C@@H](O)[C@]1(C)O. The number of quaternary nitrogens is 1. The van der Waals surface area contributed by atoms with Gasteiger partial charge >= 0.3 is 5.97 Å². The van der Waals surface area contributed by atoms with Gasteiger partial charge in [0.05, 0.1) is 56.6 Å². The Morgan fingerprint density at radius 2 is 1.59 bits per heavy atom. The Kier molecular flexibility index (Phi) is 13.0. The predicted octanol–water partition coefficient (Wildman–Crippen LogP) is 3.82. The molecule has 0 aromatic carbocycles. The van der Waals surface area contributed by atoms with Gasteiger partial charge < -0.3 is 58.1 Å². The molecule has 17 atom stereocenters. The van der Waals surface area contributed by atoms with Crippen molar-refractivity contribution in [1.82, 2.24) is 0 Å². The Morgan fingerprint density at radius 1 is 0.944 bits per heavy atom. The molecule has 0 radical (unpaired) electrons. The summed E-state index contributed by atoms with van der Waals surface area (Å²) in [5, 5.41) is 46.6. The molecule has 0 unspecified atom stereocenters. The first kappa shape index (κ1) is 43.7. The lowest BCUT2D eigenvalue weighted by Crippen LogP contribution is -2.64. The quantitative estimate of drug-likeness (QED) is 0.199. The Balaban J connectivity index is 1.58. The summed E-state index contributed by atoms with van der Waals surface area (Å²) in [5.41, 5.74) is -2.99. The Hall–Kier alpha value is -1.39. The van der Waals surface area contributed by atoms with Crippen LogP contribution >= 0.6 is 0 Å². The number of rotatable bonds is 9. The average molecular weight is 771 g/mol. The monoisotopic (exact) mass is 771 g/mol. The summed E-state index contributed by atoms with van der Waals surface area (Å²) in [6.45, 7) is 19.1. The highest BCUT2D eigenvalue weighted by Crippen LogP contribution is 2.48. The molecule has 2 bridgehead atoms. The third-order valence-corrected chi connectivity index (χ3v) is 13.6. The second kappa shape index (κ2) is 16.1. The van der Waals surface area contributed by atoms with E-state index in [1.54, 1.807) is 34.6 Å². The van der Waals surface area contributed by atoms with Crippen LogP contribution in [0.1, 0.15) is 108 Å². The Labute approximate surface area is 323 Å². The van der Waals surface area contributed by atoms with Gasteiger partial charge in [-0.25, -0.2) is 0 Å². The number of aliphatic hydroxyl groups is 4. The molecule has 4 fully saturated rings. The zero-order valence-electron chi connectivity index (χ0n) is 35.1. The predicted molar refractivity (Wildman–Crippen MR) is 200 cm³/mol. The van der Waals surface area contributed by atoms with Crippen LogP contribution < -0.4 is 0 Å². The number of cyclic esters (lactones) is 1. The molecule has 4 heterocycles. The van der Waals surface area contributed by atoms with Gasteiger partial charge in [0, 0.05) is 44.1 Å². The number of aliphatic hydroxyl groups excluding tert-OH is 3. The van der Waals surface area contributed by atoms with Crippen LogP contribution in [0.4, 0.5) is 0 Å². The molecule has 5 aliphatic rings. The number of fused-ring (bicyclic) bond motifs is 2. The minimum Gasteiger partial charge on any atom is -0.489 e. The molecule has 0 aromatic rings. The van der Waals surface area contributed by atoms with Crippen LogP contribution in [0.2, 0.25) is 0 Å². The van der Waals surface area contributed by atoms with Crippen molar-refractivity contribution < 1.29 is 62.9 Å². The van der Waals surface area contributed by atoms with E-state index in [1.807, 2.05) is 27.7 Å². The molecule has 0 aromatic heterocycles. The highest BCUT2D eigenvalue weighted by Gasteiger charge is 2.57. The van der Waals surface area contributed by atoms with Crippen LogP contribution in [0.15, 0.2) is 11.3 Å². The number of carbonyl (C=O) groups excluding carboxylic acids is 1. The number of ether oxygens (including phenoxy) is 7. The first-order valence-corrected chi connectivity index (χ1v) is 20.3. The largest absolute Gasteiger partial charge is 0.489 e. The smallest absolute Gasteiger partial charge is 0.311 e.